The van der Waals surface area contributed by atoms with Crippen molar-refractivity contribution in [1.29, 1.82) is 0 Å². The van der Waals surface area contributed by atoms with Gasteiger partial charge in [0.2, 0.25) is 0 Å². The average Bonchev–Trinajstić information content (AvgIpc) is 2.82. The number of nitrogens with zero attached hydrogens (tertiary/aromatic N) is 4. The Kier molecular flexibility index (Phi) is 3.29. The molecule has 0 saturated carbocycles. The van der Waals surface area contributed by atoms with Gasteiger partial charge in [-0.1, -0.05) is 0 Å². The molecule has 3 aromatic heterocycles. The lowest BCUT2D eigenvalue weighted by Gasteiger charge is -2.10. The summed E-state index contributed by atoms with van der Waals surface area (Å²) in [6, 6.07) is 5.13. The fraction of sp³-hybridized carbons (Fsp3) is 0.267. The van der Waals surface area contributed by atoms with Gasteiger partial charge in [-0.25, -0.2) is 9.37 Å². The van der Waals surface area contributed by atoms with E-state index < -0.39 is 5.82 Å². The molecule has 3 rings (SSSR count). The van der Waals surface area contributed by atoms with Gasteiger partial charge in [-0.3, -0.25) is 4.40 Å². The summed E-state index contributed by atoms with van der Waals surface area (Å²) in [5, 5.41) is 8.02. The number of rotatable bonds is 3. The highest BCUT2D eigenvalue weighted by molar-refractivity contribution is 5.64. The summed E-state index contributed by atoms with van der Waals surface area (Å²) < 4.78 is 21.2. The predicted octanol–water partition coefficient (Wildman–Crippen LogP) is 3.03. The van der Waals surface area contributed by atoms with E-state index in [-0.39, 0.29) is 12.0 Å². The van der Waals surface area contributed by atoms with Crippen molar-refractivity contribution in [3.05, 3.63) is 42.2 Å². The SMILES string of the molecule is Cc1nnc2ccc(-c3cnc(OC(C)C)c(F)c3)cn12. The zero-order valence-electron chi connectivity index (χ0n) is 12.0. The maximum atomic E-state index is 14.0. The summed E-state index contributed by atoms with van der Waals surface area (Å²) in [7, 11) is 0. The molecular weight excluding hydrogens is 271 g/mol. The molecule has 0 atom stereocenters. The molecule has 3 heterocycles. The predicted molar refractivity (Wildman–Crippen MR) is 76.7 cm³/mol. The summed E-state index contributed by atoms with van der Waals surface area (Å²) in [6.07, 6.45) is 3.35. The van der Waals surface area contributed by atoms with Gasteiger partial charge in [0.15, 0.2) is 11.5 Å². The molecule has 0 aromatic carbocycles. The topological polar surface area (TPSA) is 52.3 Å². The molecule has 0 aliphatic carbocycles. The van der Waals surface area contributed by atoms with Gasteiger partial charge in [0.1, 0.15) is 5.82 Å². The van der Waals surface area contributed by atoms with Crippen LogP contribution in [-0.4, -0.2) is 25.7 Å². The second-order valence-electron chi connectivity index (χ2n) is 5.07. The zero-order chi connectivity index (χ0) is 15.0. The summed E-state index contributed by atoms with van der Waals surface area (Å²) in [5.74, 6) is 0.331. The van der Waals surface area contributed by atoms with Crippen LogP contribution in [0.5, 0.6) is 5.88 Å². The van der Waals surface area contributed by atoms with Crippen molar-refractivity contribution in [3.63, 3.8) is 0 Å². The number of aromatic nitrogens is 4. The van der Waals surface area contributed by atoms with Crippen LogP contribution in [0.1, 0.15) is 19.7 Å². The van der Waals surface area contributed by atoms with E-state index >= 15 is 0 Å². The molecule has 6 heteroatoms. The number of ether oxygens (including phenoxy) is 1. The minimum Gasteiger partial charge on any atom is -0.473 e. The van der Waals surface area contributed by atoms with Crippen LogP contribution < -0.4 is 4.74 Å². The van der Waals surface area contributed by atoms with E-state index in [1.807, 2.05) is 43.5 Å². The van der Waals surface area contributed by atoms with E-state index in [4.69, 9.17) is 4.74 Å². The number of halogens is 1. The largest absolute Gasteiger partial charge is 0.473 e. The number of hydrogen-bond acceptors (Lipinski definition) is 4. The molecule has 0 spiro atoms. The fourth-order valence-electron chi connectivity index (χ4n) is 2.07. The van der Waals surface area contributed by atoms with E-state index in [9.17, 15) is 4.39 Å². The first-order valence-electron chi connectivity index (χ1n) is 6.68. The smallest absolute Gasteiger partial charge is 0.250 e. The van der Waals surface area contributed by atoms with Crippen LogP contribution in [0.2, 0.25) is 0 Å². The highest BCUT2D eigenvalue weighted by Crippen LogP contribution is 2.24. The van der Waals surface area contributed by atoms with Gasteiger partial charge in [0.05, 0.1) is 6.10 Å². The van der Waals surface area contributed by atoms with Crippen LogP contribution in [0.3, 0.4) is 0 Å². The Bertz CT molecular complexity index is 797. The van der Waals surface area contributed by atoms with Crippen molar-refractivity contribution in [1.82, 2.24) is 19.6 Å². The summed E-state index contributed by atoms with van der Waals surface area (Å²) in [4.78, 5) is 4.05. The quantitative estimate of drug-likeness (QED) is 0.742. The van der Waals surface area contributed by atoms with Gasteiger partial charge in [0.25, 0.3) is 5.88 Å². The molecule has 0 saturated heterocycles. The van der Waals surface area contributed by atoms with E-state index in [1.165, 1.54) is 6.07 Å². The molecule has 0 bridgehead atoms. The average molecular weight is 286 g/mol. The first-order chi connectivity index (χ1) is 10.0. The second-order valence-corrected chi connectivity index (χ2v) is 5.07. The van der Waals surface area contributed by atoms with E-state index in [2.05, 4.69) is 15.2 Å². The molecular formula is C15H15FN4O. The normalized spacial score (nSPS) is 11.3. The van der Waals surface area contributed by atoms with Crippen molar-refractivity contribution < 1.29 is 9.13 Å². The molecule has 108 valence electrons. The molecule has 0 radical (unpaired) electrons. The monoisotopic (exact) mass is 286 g/mol. The van der Waals surface area contributed by atoms with Gasteiger partial charge in [-0.15, -0.1) is 10.2 Å². The van der Waals surface area contributed by atoms with Crippen molar-refractivity contribution >= 4 is 5.65 Å². The third-order valence-electron chi connectivity index (χ3n) is 3.06. The minimum absolute atomic E-state index is 0.0234. The maximum Gasteiger partial charge on any atom is 0.250 e. The number of fused-ring (bicyclic) bond motifs is 1. The number of aryl methyl sites for hydroxylation is 1. The van der Waals surface area contributed by atoms with Crippen molar-refractivity contribution in [2.45, 2.75) is 26.9 Å². The van der Waals surface area contributed by atoms with Gasteiger partial charge in [-0.05, 0) is 39.0 Å². The Hall–Kier alpha value is -2.50. The zero-order valence-corrected chi connectivity index (χ0v) is 12.0. The van der Waals surface area contributed by atoms with E-state index in [1.54, 1.807) is 6.20 Å². The maximum absolute atomic E-state index is 14.0. The first kappa shape index (κ1) is 13.5. The lowest BCUT2D eigenvalue weighted by atomic mass is 10.1. The number of hydrogen-bond donors (Lipinski definition) is 0. The van der Waals surface area contributed by atoms with Crippen LogP contribution in [0.4, 0.5) is 4.39 Å². The van der Waals surface area contributed by atoms with Gasteiger partial charge >= 0.3 is 0 Å². The molecule has 5 nitrogen and oxygen atoms in total. The fourth-order valence-corrected chi connectivity index (χ4v) is 2.07. The Morgan fingerprint density at radius 2 is 2.00 bits per heavy atom. The van der Waals surface area contributed by atoms with Crippen LogP contribution in [0.15, 0.2) is 30.6 Å². The third kappa shape index (κ3) is 2.56. The molecule has 21 heavy (non-hydrogen) atoms. The van der Waals surface area contributed by atoms with E-state index in [0.717, 1.165) is 17.0 Å². The van der Waals surface area contributed by atoms with Crippen molar-refractivity contribution in [3.8, 4) is 17.0 Å². The van der Waals surface area contributed by atoms with Crippen LogP contribution in [-0.2, 0) is 0 Å². The Morgan fingerprint density at radius 3 is 2.71 bits per heavy atom. The molecule has 3 aromatic rings. The number of pyridine rings is 2. The second kappa shape index (κ2) is 5.12. The molecule has 0 aliphatic heterocycles. The van der Waals surface area contributed by atoms with E-state index in [0.29, 0.717) is 5.56 Å². The summed E-state index contributed by atoms with van der Waals surface area (Å²) >= 11 is 0. The molecule has 0 amide bonds. The highest BCUT2D eigenvalue weighted by Gasteiger charge is 2.10. The van der Waals surface area contributed by atoms with Crippen LogP contribution in [0.25, 0.3) is 16.8 Å². The summed E-state index contributed by atoms with van der Waals surface area (Å²) in [6.45, 7) is 5.53. The van der Waals surface area contributed by atoms with Gasteiger partial charge in [0, 0.05) is 23.5 Å². The Morgan fingerprint density at radius 1 is 1.19 bits per heavy atom. The van der Waals surface area contributed by atoms with Gasteiger partial charge in [-0.2, -0.15) is 0 Å². The molecule has 0 N–H and O–H groups in total. The third-order valence-corrected chi connectivity index (χ3v) is 3.06. The van der Waals surface area contributed by atoms with Crippen LogP contribution in [0, 0.1) is 12.7 Å². The highest BCUT2D eigenvalue weighted by atomic mass is 19.1. The molecule has 0 aliphatic rings. The minimum atomic E-state index is -0.471. The van der Waals surface area contributed by atoms with Crippen LogP contribution >= 0.6 is 0 Å². The van der Waals surface area contributed by atoms with Gasteiger partial charge < -0.3 is 4.74 Å². The van der Waals surface area contributed by atoms with Crippen molar-refractivity contribution in [2.75, 3.05) is 0 Å². The van der Waals surface area contributed by atoms with Crippen molar-refractivity contribution in [2.24, 2.45) is 0 Å². The first-order valence-corrected chi connectivity index (χ1v) is 6.68. The lowest BCUT2D eigenvalue weighted by molar-refractivity contribution is 0.221. The molecule has 0 fully saturated rings. The molecule has 0 unspecified atom stereocenters. The Labute approximate surface area is 121 Å². The Balaban J connectivity index is 2.02. The lowest BCUT2D eigenvalue weighted by Crippen LogP contribution is -2.08. The summed E-state index contributed by atoms with van der Waals surface area (Å²) in [5.41, 5.74) is 2.27. The standard InChI is InChI=1S/C15H15FN4O/c1-9(2)21-15-13(16)6-12(7-17-15)11-4-5-14-19-18-10(3)20(14)8-11/h4-9H,1-3H3.